The largest absolute Gasteiger partial charge is 0.351 e. The Balaban J connectivity index is 1.73. The second-order valence-electron chi connectivity index (χ2n) is 4.35. The van der Waals surface area contributed by atoms with Crippen LogP contribution in [0.3, 0.4) is 0 Å². The van der Waals surface area contributed by atoms with Gasteiger partial charge in [-0.25, -0.2) is 0 Å². The first-order valence-corrected chi connectivity index (χ1v) is 6.21. The molecular formula is C15H18N2O. The van der Waals surface area contributed by atoms with E-state index in [0.29, 0.717) is 12.2 Å². The number of nitrogens with one attached hydrogen (secondary N) is 1. The number of aromatic nitrogens is 1. The molecule has 2 rings (SSSR count). The Morgan fingerprint density at radius 1 is 1.17 bits per heavy atom. The van der Waals surface area contributed by atoms with E-state index in [0.717, 1.165) is 12.8 Å². The highest BCUT2D eigenvalue weighted by Crippen LogP contribution is 2.02. The van der Waals surface area contributed by atoms with Crippen LogP contribution in [0.1, 0.15) is 22.5 Å². The minimum atomic E-state index is -0.00411. The van der Waals surface area contributed by atoms with Crippen molar-refractivity contribution >= 4 is 5.91 Å². The molecule has 0 unspecified atom stereocenters. The Hall–Kier alpha value is -2.03. The molecule has 0 bridgehead atoms. The lowest BCUT2D eigenvalue weighted by Gasteiger charge is -2.06. The summed E-state index contributed by atoms with van der Waals surface area (Å²) in [4.78, 5) is 11.8. The zero-order valence-corrected chi connectivity index (χ0v) is 10.6. The molecule has 0 radical (unpaired) electrons. The fourth-order valence-corrected chi connectivity index (χ4v) is 1.93. The highest BCUT2D eigenvalue weighted by Gasteiger charge is 2.06. The number of nitrogens with zero attached hydrogens (tertiary/aromatic N) is 1. The standard InChI is InChI=1S/C15H18N2O/c1-17-12-6-10-14(17)15(18)16-11-5-9-13-7-3-2-4-8-13/h2-4,6-8,10,12H,5,9,11H2,1H3,(H,16,18). The molecule has 3 heteroatoms. The van der Waals surface area contributed by atoms with Crippen molar-refractivity contribution in [2.24, 2.45) is 7.05 Å². The average Bonchev–Trinajstić information content (AvgIpc) is 2.82. The van der Waals surface area contributed by atoms with Crippen molar-refractivity contribution in [3.8, 4) is 0 Å². The van der Waals surface area contributed by atoms with E-state index < -0.39 is 0 Å². The Bertz CT molecular complexity index is 502. The predicted molar refractivity (Wildman–Crippen MR) is 72.5 cm³/mol. The van der Waals surface area contributed by atoms with Crippen LogP contribution in [-0.4, -0.2) is 17.0 Å². The molecule has 0 aliphatic rings. The summed E-state index contributed by atoms with van der Waals surface area (Å²) in [6.45, 7) is 0.707. The fraction of sp³-hybridized carbons (Fsp3) is 0.267. The van der Waals surface area contributed by atoms with E-state index in [4.69, 9.17) is 0 Å². The summed E-state index contributed by atoms with van der Waals surface area (Å²) in [6, 6.07) is 14.0. The van der Waals surface area contributed by atoms with Crippen molar-refractivity contribution in [3.05, 3.63) is 59.9 Å². The van der Waals surface area contributed by atoms with Gasteiger partial charge < -0.3 is 9.88 Å². The first-order chi connectivity index (χ1) is 8.77. The summed E-state index contributed by atoms with van der Waals surface area (Å²) >= 11 is 0. The van der Waals surface area contributed by atoms with Gasteiger partial charge in [-0.3, -0.25) is 4.79 Å². The number of rotatable bonds is 5. The number of carbonyl (C=O) groups is 1. The molecule has 1 aromatic heterocycles. The van der Waals surface area contributed by atoms with Crippen LogP contribution in [0.4, 0.5) is 0 Å². The smallest absolute Gasteiger partial charge is 0.267 e. The monoisotopic (exact) mass is 242 g/mol. The number of hydrogen-bond acceptors (Lipinski definition) is 1. The van der Waals surface area contributed by atoms with E-state index in [9.17, 15) is 4.79 Å². The van der Waals surface area contributed by atoms with Crippen molar-refractivity contribution in [1.82, 2.24) is 9.88 Å². The van der Waals surface area contributed by atoms with Gasteiger partial charge in [0.15, 0.2) is 0 Å². The molecule has 0 aliphatic heterocycles. The normalized spacial score (nSPS) is 10.3. The summed E-state index contributed by atoms with van der Waals surface area (Å²) in [6.07, 6.45) is 3.83. The molecule has 0 aliphatic carbocycles. The number of aryl methyl sites for hydroxylation is 2. The maximum absolute atomic E-state index is 11.8. The van der Waals surface area contributed by atoms with Crippen LogP contribution in [0.5, 0.6) is 0 Å². The van der Waals surface area contributed by atoms with Crippen LogP contribution in [0.2, 0.25) is 0 Å². The van der Waals surface area contributed by atoms with Gasteiger partial charge in [0.25, 0.3) is 5.91 Å². The lowest BCUT2D eigenvalue weighted by molar-refractivity contribution is 0.0945. The van der Waals surface area contributed by atoms with Crippen molar-refractivity contribution in [2.75, 3.05) is 6.54 Å². The maximum Gasteiger partial charge on any atom is 0.267 e. The predicted octanol–water partition coefficient (Wildman–Crippen LogP) is 2.39. The SMILES string of the molecule is Cn1cccc1C(=O)NCCCc1ccccc1. The number of benzene rings is 1. The summed E-state index contributed by atoms with van der Waals surface area (Å²) in [7, 11) is 1.87. The topological polar surface area (TPSA) is 34.0 Å². The molecule has 0 saturated heterocycles. The molecule has 1 aromatic carbocycles. The molecule has 0 fully saturated rings. The highest BCUT2D eigenvalue weighted by molar-refractivity contribution is 5.92. The Morgan fingerprint density at radius 2 is 1.94 bits per heavy atom. The number of amides is 1. The third-order valence-corrected chi connectivity index (χ3v) is 2.95. The zero-order valence-electron chi connectivity index (χ0n) is 10.6. The summed E-state index contributed by atoms with van der Waals surface area (Å²) in [5.41, 5.74) is 2.01. The zero-order chi connectivity index (χ0) is 12.8. The number of carbonyl (C=O) groups excluding carboxylic acids is 1. The lowest BCUT2D eigenvalue weighted by Crippen LogP contribution is -2.26. The second kappa shape index (κ2) is 6.05. The molecule has 18 heavy (non-hydrogen) atoms. The minimum absolute atomic E-state index is 0.00411. The van der Waals surface area contributed by atoms with Crippen LogP contribution in [-0.2, 0) is 13.5 Å². The highest BCUT2D eigenvalue weighted by atomic mass is 16.1. The van der Waals surface area contributed by atoms with Gasteiger partial charge in [-0.2, -0.15) is 0 Å². The molecule has 0 spiro atoms. The van der Waals surface area contributed by atoms with Crippen molar-refractivity contribution in [3.63, 3.8) is 0 Å². The van der Waals surface area contributed by atoms with Gasteiger partial charge in [0.05, 0.1) is 0 Å². The molecule has 0 atom stereocenters. The third kappa shape index (κ3) is 3.23. The van der Waals surface area contributed by atoms with Crippen molar-refractivity contribution in [1.29, 1.82) is 0 Å². The van der Waals surface area contributed by atoms with Crippen LogP contribution in [0.15, 0.2) is 48.7 Å². The van der Waals surface area contributed by atoms with Gasteiger partial charge in [-0.15, -0.1) is 0 Å². The third-order valence-electron chi connectivity index (χ3n) is 2.95. The van der Waals surface area contributed by atoms with Gasteiger partial charge in [0, 0.05) is 19.8 Å². The van der Waals surface area contributed by atoms with E-state index in [1.807, 2.05) is 48.1 Å². The van der Waals surface area contributed by atoms with Crippen molar-refractivity contribution in [2.45, 2.75) is 12.8 Å². The maximum atomic E-state index is 11.8. The Morgan fingerprint density at radius 3 is 2.61 bits per heavy atom. The van der Waals surface area contributed by atoms with E-state index in [2.05, 4.69) is 17.4 Å². The van der Waals surface area contributed by atoms with Gasteiger partial charge in [0.1, 0.15) is 5.69 Å². The Labute approximate surface area is 107 Å². The van der Waals surface area contributed by atoms with Gasteiger partial charge in [-0.1, -0.05) is 30.3 Å². The fourth-order valence-electron chi connectivity index (χ4n) is 1.93. The average molecular weight is 242 g/mol. The molecule has 2 aromatic rings. The molecule has 1 amide bonds. The first-order valence-electron chi connectivity index (χ1n) is 6.21. The molecular weight excluding hydrogens is 224 g/mol. The molecule has 1 heterocycles. The number of hydrogen-bond donors (Lipinski definition) is 1. The van der Waals surface area contributed by atoms with Crippen LogP contribution >= 0.6 is 0 Å². The lowest BCUT2D eigenvalue weighted by atomic mass is 10.1. The van der Waals surface area contributed by atoms with Crippen LogP contribution in [0.25, 0.3) is 0 Å². The van der Waals surface area contributed by atoms with E-state index >= 15 is 0 Å². The minimum Gasteiger partial charge on any atom is -0.351 e. The van der Waals surface area contributed by atoms with E-state index in [-0.39, 0.29) is 5.91 Å². The van der Waals surface area contributed by atoms with E-state index in [1.54, 1.807) is 0 Å². The molecule has 3 nitrogen and oxygen atoms in total. The molecule has 1 N–H and O–H groups in total. The summed E-state index contributed by atoms with van der Waals surface area (Å²) in [5, 5.41) is 2.94. The Kier molecular flexibility index (Phi) is 4.18. The van der Waals surface area contributed by atoms with Gasteiger partial charge >= 0.3 is 0 Å². The van der Waals surface area contributed by atoms with Gasteiger partial charge in [-0.05, 0) is 30.5 Å². The molecule has 94 valence electrons. The molecule has 0 saturated carbocycles. The second-order valence-corrected chi connectivity index (χ2v) is 4.35. The first kappa shape index (κ1) is 12.4. The summed E-state index contributed by atoms with van der Waals surface area (Å²) < 4.78 is 1.83. The quantitative estimate of drug-likeness (QED) is 0.803. The van der Waals surface area contributed by atoms with Gasteiger partial charge in [0.2, 0.25) is 0 Å². The summed E-state index contributed by atoms with van der Waals surface area (Å²) in [5.74, 6) is -0.00411. The van der Waals surface area contributed by atoms with E-state index in [1.165, 1.54) is 5.56 Å². The van der Waals surface area contributed by atoms with Crippen molar-refractivity contribution < 1.29 is 4.79 Å². The van der Waals surface area contributed by atoms with Crippen LogP contribution in [0, 0.1) is 0 Å². The van der Waals surface area contributed by atoms with Crippen LogP contribution < -0.4 is 5.32 Å².